The number of piperidine rings is 1. The van der Waals surface area contributed by atoms with Gasteiger partial charge in [-0.1, -0.05) is 28.4 Å². The van der Waals surface area contributed by atoms with Crippen LogP contribution in [0.15, 0.2) is 28.7 Å². The van der Waals surface area contributed by atoms with Crippen molar-refractivity contribution in [2.75, 3.05) is 18.9 Å². The van der Waals surface area contributed by atoms with Crippen LogP contribution in [0.1, 0.15) is 19.3 Å². The van der Waals surface area contributed by atoms with Crippen LogP contribution in [0.2, 0.25) is 0 Å². The van der Waals surface area contributed by atoms with Crippen molar-refractivity contribution in [2.24, 2.45) is 0 Å². The van der Waals surface area contributed by atoms with Crippen LogP contribution in [0.5, 0.6) is 0 Å². The third-order valence-corrected chi connectivity index (χ3v) is 3.66. The number of carbonyl (C=O) groups excluding carboxylic acids is 1. The molecule has 1 aliphatic heterocycles. The molecule has 0 saturated carbocycles. The number of carbonyl (C=O) groups is 1. The van der Waals surface area contributed by atoms with E-state index in [1.165, 1.54) is 6.42 Å². The first kappa shape index (κ1) is 12.6. The van der Waals surface area contributed by atoms with Gasteiger partial charge in [0.2, 0.25) is 5.91 Å². The molecule has 17 heavy (non-hydrogen) atoms. The van der Waals surface area contributed by atoms with Crippen molar-refractivity contribution in [3.8, 4) is 0 Å². The summed E-state index contributed by atoms with van der Waals surface area (Å²) >= 11 is 3.40. The molecule has 1 saturated heterocycles. The summed E-state index contributed by atoms with van der Waals surface area (Å²) in [6.07, 6.45) is 3.29. The zero-order chi connectivity index (χ0) is 12.3. The van der Waals surface area contributed by atoms with E-state index in [2.05, 4.69) is 26.1 Å². The molecule has 1 heterocycles. The average Bonchev–Trinajstić information content (AvgIpc) is 2.29. The summed E-state index contributed by atoms with van der Waals surface area (Å²) in [7, 11) is 2.02. The highest BCUT2D eigenvalue weighted by Gasteiger charge is 2.25. The van der Waals surface area contributed by atoms with Crippen molar-refractivity contribution >= 4 is 27.5 Å². The Labute approximate surface area is 110 Å². The Hall–Kier alpha value is -0.870. The molecule has 1 aromatic carbocycles. The molecule has 1 fully saturated rings. The normalized spacial score (nSPS) is 21.2. The van der Waals surface area contributed by atoms with Crippen molar-refractivity contribution in [3.05, 3.63) is 28.7 Å². The maximum Gasteiger partial charge on any atom is 0.241 e. The molecule has 0 aliphatic carbocycles. The van der Waals surface area contributed by atoms with Gasteiger partial charge in [0, 0.05) is 10.2 Å². The second-order valence-electron chi connectivity index (χ2n) is 4.49. The van der Waals surface area contributed by atoms with E-state index in [4.69, 9.17) is 0 Å². The predicted molar refractivity (Wildman–Crippen MR) is 73.0 cm³/mol. The lowest BCUT2D eigenvalue weighted by Crippen LogP contribution is -2.44. The van der Waals surface area contributed by atoms with E-state index in [0.29, 0.717) is 0 Å². The molecule has 1 aliphatic rings. The van der Waals surface area contributed by atoms with E-state index in [0.717, 1.165) is 29.5 Å². The van der Waals surface area contributed by atoms with Crippen LogP contribution in [-0.4, -0.2) is 30.4 Å². The first-order valence-corrected chi connectivity index (χ1v) is 6.73. The van der Waals surface area contributed by atoms with Gasteiger partial charge in [-0.05, 0) is 44.6 Å². The summed E-state index contributed by atoms with van der Waals surface area (Å²) < 4.78 is 0.979. The van der Waals surface area contributed by atoms with Gasteiger partial charge in [-0.15, -0.1) is 0 Å². The van der Waals surface area contributed by atoms with E-state index < -0.39 is 0 Å². The van der Waals surface area contributed by atoms with E-state index in [-0.39, 0.29) is 11.9 Å². The fraction of sp³-hybridized carbons (Fsp3) is 0.462. The van der Waals surface area contributed by atoms with Crippen LogP contribution in [0.4, 0.5) is 5.69 Å². The number of likely N-dealkylation sites (tertiary alicyclic amines) is 1. The molecule has 1 amide bonds. The van der Waals surface area contributed by atoms with Gasteiger partial charge in [0.1, 0.15) is 0 Å². The molecule has 3 nitrogen and oxygen atoms in total. The van der Waals surface area contributed by atoms with Gasteiger partial charge in [0.25, 0.3) is 0 Å². The Morgan fingerprint density at radius 1 is 1.47 bits per heavy atom. The monoisotopic (exact) mass is 296 g/mol. The lowest BCUT2D eigenvalue weighted by atomic mass is 10.0. The van der Waals surface area contributed by atoms with Crippen LogP contribution >= 0.6 is 15.9 Å². The van der Waals surface area contributed by atoms with Gasteiger partial charge in [0.15, 0.2) is 0 Å². The number of halogens is 1. The summed E-state index contributed by atoms with van der Waals surface area (Å²) in [5.74, 6) is 0.102. The maximum absolute atomic E-state index is 12.1. The van der Waals surface area contributed by atoms with Crippen LogP contribution < -0.4 is 5.32 Å². The van der Waals surface area contributed by atoms with Crippen LogP contribution in [0.25, 0.3) is 0 Å². The summed E-state index contributed by atoms with van der Waals surface area (Å²) in [4.78, 5) is 14.3. The molecule has 1 aromatic rings. The van der Waals surface area contributed by atoms with E-state index in [1.54, 1.807) is 0 Å². The molecule has 92 valence electrons. The molecular formula is C13H17BrN2O. The molecule has 1 unspecified atom stereocenters. The zero-order valence-electron chi connectivity index (χ0n) is 9.95. The van der Waals surface area contributed by atoms with Gasteiger partial charge < -0.3 is 5.32 Å². The highest BCUT2D eigenvalue weighted by Crippen LogP contribution is 2.19. The number of anilines is 1. The molecule has 1 N–H and O–H groups in total. The van der Waals surface area contributed by atoms with Crippen molar-refractivity contribution < 1.29 is 4.79 Å². The number of likely N-dealkylation sites (N-methyl/N-ethyl adjacent to an activating group) is 1. The van der Waals surface area contributed by atoms with Crippen LogP contribution in [0.3, 0.4) is 0 Å². The topological polar surface area (TPSA) is 32.3 Å². The fourth-order valence-corrected chi connectivity index (χ4v) is 2.60. The van der Waals surface area contributed by atoms with Gasteiger partial charge in [-0.25, -0.2) is 0 Å². The zero-order valence-corrected chi connectivity index (χ0v) is 11.5. The van der Waals surface area contributed by atoms with Crippen molar-refractivity contribution in [3.63, 3.8) is 0 Å². The van der Waals surface area contributed by atoms with Gasteiger partial charge in [0.05, 0.1) is 6.04 Å². The minimum absolute atomic E-state index is 0.0164. The molecular weight excluding hydrogens is 280 g/mol. The average molecular weight is 297 g/mol. The van der Waals surface area contributed by atoms with Crippen molar-refractivity contribution in [1.82, 2.24) is 4.90 Å². The number of rotatable bonds is 2. The lowest BCUT2D eigenvalue weighted by molar-refractivity contribution is -0.121. The second kappa shape index (κ2) is 5.65. The number of nitrogens with zero attached hydrogens (tertiary/aromatic N) is 1. The van der Waals surface area contributed by atoms with Crippen molar-refractivity contribution in [2.45, 2.75) is 25.3 Å². The standard InChI is InChI=1S/C13H17BrN2O/c1-16-8-3-2-7-12(16)13(17)15-11-6-4-5-10(14)9-11/h4-6,9,12H,2-3,7-8H2,1H3,(H,15,17). The maximum atomic E-state index is 12.1. The number of nitrogens with one attached hydrogen (secondary N) is 1. The molecule has 1 atom stereocenters. The summed E-state index contributed by atoms with van der Waals surface area (Å²) in [6, 6.07) is 7.71. The first-order valence-electron chi connectivity index (χ1n) is 5.93. The van der Waals surface area contributed by atoms with Crippen LogP contribution in [-0.2, 0) is 4.79 Å². The van der Waals surface area contributed by atoms with E-state index in [1.807, 2.05) is 31.3 Å². The molecule has 0 aromatic heterocycles. The predicted octanol–water partition coefficient (Wildman–Crippen LogP) is 2.87. The minimum atomic E-state index is 0.0164. The summed E-state index contributed by atoms with van der Waals surface area (Å²) in [6.45, 7) is 1.01. The Balaban J connectivity index is 2.01. The highest BCUT2D eigenvalue weighted by atomic mass is 79.9. The van der Waals surface area contributed by atoms with Gasteiger partial charge in [-0.3, -0.25) is 9.69 Å². The summed E-state index contributed by atoms with van der Waals surface area (Å²) in [5.41, 5.74) is 0.850. The number of amides is 1. The first-order chi connectivity index (χ1) is 8.16. The molecule has 0 spiro atoms. The lowest BCUT2D eigenvalue weighted by Gasteiger charge is -2.31. The second-order valence-corrected chi connectivity index (χ2v) is 5.41. The molecule has 4 heteroatoms. The van der Waals surface area contributed by atoms with E-state index in [9.17, 15) is 4.79 Å². The molecule has 0 radical (unpaired) electrons. The Bertz CT molecular complexity index is 408. The van der Waals surface area contributed by atoms with Gasteiger partial charge >= 0.3 is 0 Å². The SMILES string of the molecule is CN1CCCCC1C(=O)Nc1cccc(Br)c1. The smallest absolute Gasteiger partial charge is 0.241 e. The summed E-state index contributed by atoms with van der Waals surface area (Å²) in [5, 5.41) is 2.97. The highest BCUT2D eigenvalue weighted by molar-refractivity contribution is 9.10. The van der Waals surface area contributed by atoms with Crippen LogP contribution in [0, 0.1) is 0 Å². The van der Waals surface area contributed by atoms with Gasteiger partial charge in [-0.2, -0.15) is 0 Å². The largest absolute Gasteiger partial charge is 0.325 e. The number of hydrogen-bond donors (Lipinski definition) is 1. The minimum Gasteiger partial charge on any atom is -0.325 e. The Morgan fingerprint density at radius 3 is 3.00 bits per heavy atom. The third-order valence-electron chi connectivity index (χ3n) is 3.17. The molecule has 0 bridgehead atoms. The quantitative estimate of drug-likeness (QED) is 0.910. The fourth-order valence-electron chi connectivity index (χ4n) is 2.20. The Kier molecular flexibility index (Phi) is 4.18. The van der Waals surface area contributed by atoms with E-state index >= 15 is 0 Å². The third kappa shape index (κ3) is 3.30. The number of hydrogen-bond acceptors (Lipinski definition) is 2. The molecule has 2 rings (SSSR count). The van der Waals surface area contributed by atoms with Crippen molar-refractivity contribution in [1.29, 1.82) is 0 Å². The number of benzene rings is 1. The Morgan fingerprint density at radius 2 is 2.29 bits per heavy atom.